The van der Waals surface area contributed by atoms with Gasteiger partial charge in [-0.3, -0.25) is 0 Å². The fourth-order valence-electron chi connectivity index (χ4n) is 2.20. The Morgan fingerprint density at radius 2 is 2.21 bits per heavy atom. The van der Waals surface area contributed by atoms with Crippen LogP contribution < -0.4 is 5.73 Å². The Bertz CT molecular complexity index is 311. The van der Waals surface area contributed by atoms with Gasteiger partial charge in [-0.2, -0.15) is 0 Å². The molecule has 0 bridgehead atoms. The first-order chi connectivity index (χ1) is 6.79. The minimum Gasteiger partial charge on any atom is -0.326 e. The normalized spacial score (nSPS) is 26.7. The van der Waals surface area contributed by atoms with E-state index in [-0.39, 0.29) is 0 Å². The van der Waals surface area contributed by atoms with Crippen LogP contribution in [0.25, 0.3) is 0 Å². The van der Waals surface area contributed by atoms with E-state index in [2.05, 4.69) is 12.1 Å². The summed E-state index contributed by atoms with van der Waals surface area (Å²) in [4.78, 5) is 0. The van der Waals surface area contributed by atoms with Crippen LogP contribution in [0.15, 0.2) is 24.3 Å². The van der Waals surface area contributed by atoms with Gasteiger partial charge in [0, 0.05) is 6.54 Å². The zero-order chi connectivity index (χ0) is 9.97. The van der Waals surface area contributed by atoms with Crippen LogP contribution in [0.1, 0.15) is 36.3 Å². The molecule has 0 aliphatic heterocycles. The van der Waals surface area contributed by atoms with Gasteiger partial charge < -0.3 is 5.73 Å². The molecular weight excluding hydrogens is 177 g/mol. The quantitative estimate of drug-likeness (QED) is 0.768. The van der Waals surface area contributed by atoms with Crippen LogP contribution in [0.3, 0.4) is 0 Å². The van der Waals surface area contributed by atoms with Crippen LogP contribution in [0.5, 0.6) is 0 Å². The molecule has 1 fully saturated rings. The van der Waals surface area contributed by atoms with Gasteiger partial charge in [-0.25, -0.2) is 4.39 Å². The van der Waals surface area contributed by atoms with Gasteiger partial charge in [-0.05, 0) is 36.3 Å². The van der Waals surface area contributed by atoms with Crippen molar-refractivity contribution < 1.29 is 4.39 Å². The Labute approximate surface area is 84.1 Å². The molecule has 0 aromatic heterocycles. The molecule has 1 aromatic carbocycles. The lowest BCUT2D eigenvalue weighted by Crippen LogP contribution is -1.99. The fraction of sp³-hybridized carbons (Fsp3) is 0.500. The Morgan fingerprint density at radius 1 is 1.36 bits per heavy atom. The van der Waals surface area contributed by atoms with E-state index in [1.807, 2.05) is 12.1 Å². The maximum absolute atomic E-state index is 13.0. The monoisotopic (exact) mass is 193 g/mol. The molecule has 76 valence electrons. The highest BCUT2D eigenvalue weighted by atomic mass is 19.1. The minimum atomic E-state index is -0.596. The number of rotatable bonds is 2. The van der Waals surface area contributed by atoms with Crippen molar-refractivity contribution in [2.24, 2.45) is 5.73 Å². The van der Waals surface area contributed by atoms with Gasteiger partial charge in [-0.1, -0.05) is 24.3 Å². The van der Waals surface area contributed by atoms with E-state index in [4.69, 9.17) is 5.73 Å². The number of halogens is 1. The second-order valence-electron chi connectivity index (χ2n) is 4.06. The lowest BCUT2D eigenvalue weighted by molar-refractivity contribution is 0.339. The molecule has 2 heteroatoms. The van der Waals surface area contributed by atoms with Crippen LogP contribution in [0.4, 0.5) is 4.39 Å². The first-order valence-electron chi connectivity index (χ1n) is 5.22. The predicted molar refractivity (Wildman–Crippen MR) is 55.8 cm³/mol. The van der Waals surface area contributed by atoms with E-state index < -0.39 is 6.17 Å². The summed E-state index contributed by atoms with van der Waals surface area (Å²) >= 11 is 0. The van der Waals surface area contributed by atoms with Crippen LogP contribution in [0, 0.1) is 0 Å². The molecule has 1 aliphatic carbocycles. The summed E-state index contributed by atoms with van der Waals surface area (Å²) in [5.41, 5.74) is 7.97. The van der Waals surface area contributed by atoms with Gasteiger partial charge in [0.2, 0.25) is 0 Å². The highest BCUT2D eigenvalue weighted by Crippen LogP contribution is 2.36. The zero-order valence-electron chi connectivity index (χ0n) is 8.25. The van der Waals surface area contributed by atoms with E-state index in [1.54, 1.807) is 0 Å². The van der Waals surface area contributed by atoms with Crippen LogP contribution in [-0.2, 0) is 6.54 Å². The molecule has 1 aromatic rings. The highest BCUT2D eigenvalue weighted by Gasteiger charge is 2.25. The summed E-state index contributed by atoms with van der Waals surface area (Å²) in [7, 11) is 0. The third-order valence-electron chi connectivity index (χ3n) is 3.03. The van der Waals surface area contributed by atoms with Gasteiger partial charge in [0.15, 0.2) is 0 Å². The van der Waals surface area contributed by atoms with E-state index in [9.17, 15) is 4.39 Å². The SMILES string of the molecule is NCc1cccc(C2CCC(F)C2)c1. The molecule has 2 rings (SSSR count). The first-order valence-corrected chi connectivity index (χ1v) is 5.22. The molecule has 0 spiro atoms. The number of benzene rings is 1. The number of hydrogen-bond acceptors (Lipinski definition) is 1. The van der Waals surface area contributed by atoms with Crippen molar-refractivity contribution >= 4 is 0 Å². The summed E-state index contributed by atoms with van der Waals surface area (Å²) in [6, 6.07) is 8.24. The van der Waals surface area contributed by atoms with Crippen LogP contribution in [0.2, 0.25) is 0 Å². The Balaban J connectivity index is 2.15. The Hall–Kier alpha value is -0.890. The zero-order valence-corrected chi connectivity index (χ0v) is 8.25. The lowest BCUT2D eigenvalue weighted by Gasteiger charge is -2.10. The molecule has 0 amide bonds. The molecule has 14 heavy (non-hydrogen) atoms. The van der Waals surface area contributed by atoms with E-state index in [1.165, 1.54) is 5.56 Å². The molecule has 0 saturated heterocycles. The van der Waals surface area contributed by atoms with Gasteiger partial charge >= 0.3 is 0 Å². The van der Waals surface area contributed by atoms with Crippen LogP contribution in [-0.4, -0.2) is 6.17 Å². The van der Waals surface area contributed by atoms with Gasteiger partial charge in [-0.15, -0.1) is 0 Å². The largest absolute Gasteiger partial charge is 0.326 e. The molecule has 2 atom stereocenters. The molecule has 1 aliphatic rings. The molecule has 1 nitrogen and oxygen atoms in total. The summed E-state index contributed by atoms with van der Waals surface area (Å²) in [5, 5.41) is 0. The second-order valence-corrected chi connectivity index (χ2v) is 4.06. The van der Waals surface area contributed by atoms with Crippen molar-refractivity contribution in [1.82, 2.24) is 0 Å². The summed E-state index contributed by atoms with van der Waals surface area (Å²) in [5.74, 6) is 0.413. The second kappa shape index (κ2) is 4.09. The van der Waals surface area contributed by atoms with Gasteiger partial charge in [0.1, 0.15) is 6.17 Å². The molecule has 0 heterocycles. The van der Waals surface area contributed by atoms with Crippen molar-refractivity contribution in [1.29, 1.82) is 0 Å². The first kappa shape index (κ1) is 9.66. The average molecular weight is 193 g/mol. The van der Waals surface area contributed by atoms with Gasteiger partial charge in [0.25, 0.3) is 0 Å². The summed E-state index contributed by atoms with van der Waals surface area (Å²) in [6.07, 6.45) is 1.79. The summed E-state index contributed by atoms with van der Waals surface area (Å²) < 4.78 is 13.0. The molecular formula is C12H16FN. The smallest absolute Gasteiger partial charge is 0.101 e. The van der Waals surface area contributed by atoms with E-state index >= 15 is 0 Å². The van der Waals surface area contributed by atoms with Crippen LogP contribution >= 0.6 is 0 Å². The van der Waals surface area contributed by atoms with Crippen molar-refractivity contribution in [3.8, 4) is 0 Å². The van der Waals surface area contributed by atoms with E-state index in [0.29, 0.717) is 18.9 Å². The summed E-state index contributed by atoms with van der Waals surface area (Å²) in [6.45, 7) is 0.569. The minimum absolute atomic E-state index is 0.413. The Kier molecular flexibility index (Phi) is 2.82. The standard InChI is InChI=1S/C12H16FN/c13-12-5-4-11(7-12)10-3-1-2-9(6-10)8-14/h1-3,6,11-12H,4-5,7-8,14H2. The van der Waals surface area contributed by atoms with Crippen molar-refractivity contribution in [3.05, 3.63) is 35.4 Å². The molecule has 1 saturated carbocycles. The molecule has 0 radical (unpaired) electrons. The molecule has 2 N–H and O–H groups in total. The third-order valence-corrected chi connectivity index (χ3v) is 3.03. The van der Waals surface area contributed by atoms with Crippen molar-refractivity contribution in [2.45, 2.75) is 37.9 Å². The lowest BCUT2D eigenvalue weighted by atomic mass is 9.96. The number of hydrogen-bond donors (Lipinski definition) is 1. The van der Waals surface area contributed by atoms with E-state index in [0.717, 1.165) is 18.4 Å². The fourth-order valence-corrected chi connectivity index (χ4v) is 2.20. The number of alkyl halides is 1. The topological polar surface area (TPSA) is 26.0 Å². The number of nitrogens with two attached hydrogens (primary N) is 1. The third kappa shape index (κ3) is 1.95. The Morgan fingerprint density at radius 3 is 2.86 bits per heavy atom. The van der Waals surface area contributed by atoms with Crippen molar-refractivity contribution in [2.75, 3.05) is 0 Å². The highest BCUT2D eigenvalue weighted by molar-refractivity contribution is 5.27. The maximum atomic E-state index is 13.0. The molecule has 2 unspecified atom stereocenters. The average Bonchev–Trinajstić information content (AvgIpc) is 2.65. The van der Waals surface area contributed by atoms with Crippen molar-refractivity contribution in [3.63, 3.8) is 0 Å². The maximum Gasteiger partial charge on any atom is 0.101 e. The predicted octanol–water partition coefficient (Wildman–Crippen LogP) is 2.75. The van der Waals surface area contributed by atoms with Gasteiger partial charge in [0.05, 0.1) is 0 Å².